The van der Waals surface area contributed by atoms with Crippen LogP contribution in [0.15, 0.2) is 23.2 Å². The molecule has 3 atom stereocenters. The quantitative estimate of drug-likeness (QED) is 0.343. The van der Waals surface area contributed by atoms with Gasteiger partial charge in [-0.05, 0) is 49.8 Å². The third-order valence-corrected chi connectivity index (χ3v) is 6.75. The molecule has 3 aliphatic rings. The molecule has 3 aliphatic heterocycles. The van der Waals surface area contributed by atoms with E-state index in [1.165, 1.54) is 6.42 Å². The molecule has 3 saturated heterocycles. The summed E-state index contributed by atoms with van der Waals surface area (Å²) in [5.74, 6) is 0.826. The summed E-state index contributed by atoms with van der Waals surface area (Å²) in [7, 11) is 1.81. The van der Waals surface area contributed by atoms with Crippen LogP contribution in [0.1, 0.15) is 37.7 Å². The third-order valence-electron chi connectivity index (χ3n) is 6.20. The van der Waals surface area contributed by atoms with E-state index < -0.39 is 0 Å². The number of rotatable bonds is 4. The zero-order valence-corrected chi connectivity index (χ0v) is 19.9. The molecule has 3 fully saturated rings. The molecule has 3 unspecified atom stereocenters. The van der Waals surface area contributed by atoms with Crippen molar-refractivity contribution in [1.82, 2.24) is 10.6 Å². The van der Waals surface area contributed by atoms with Crippen LogP contribution in [0.5, 0.6) is 0 Å². The molecule has 2 bridgehead atoms. The van der Waals surface area contributed by atoms with Gasteiger partial charge in [-0.3, -0.25) is 4.99 Å². The minimum Gasteiger partial charge on any atom is -0.381 e. The van der Waals surface area contributed by atoms with E-state index in [1.807, 2.05) is 19.2 Å². The number of hydrogen-bond acceptors (Lipinski definition) is 3. The summed E-state index contributed by atoms with van der Waals surface area (Å²) < 4.78 is 11.6. The molecule has 156 valence electrons. The van der Waals surface area contributed by atoms with Crippen molar-refractivity contribution >= 4 is 53.1 Å². The number of nitrogens with one attached hydrogen (secondary N) is 2. The second kappa shape index (κ2) is 9.69. The Bertz CT molecular complexity index is 713. The van der Waals surface area contributed by atoms with Gasteiger partial charge in [-0.1, -0.05) is 29.3 Å². The van der Waals surface area contributed by atoms with E-state index >= 15 is 0 Å². The zero-order valence-electron chi connectivity index (χ0n) is 16.0. The molecule has 3 heterocycles. The van der Waals surface area contributed by atoms with Crippen molar-refractivity contribution in [3.05, 3.63) is 33.8 Å². The smallest absolute Gasteiger partial charge is 0.191 e. The second-order valence-corrected chi connectivity index (χ2v) is 8.65. The van der Waals surface area contributed by atoms with Gasteiger partial charge in [-0.25, -0.2) is 0 Å². The number of nitrogens with zero attached hydrogens (tertiary/aromatic N) is 1. The summed E-state index contributed by atoms with van der Waals surface area (Å²) >= 11 is 12.7. The predicted molar refractivity (Wildman–Crippen MR) is 124 cm³/mol. The van der Waals surface area contributed by atoms with E-state index in [-0.39, 0.29) is 29.4 Å². The summed E-state index contributed by atoms with van der Waals surface area (Å²) in [4.78, 5) is 4.43. The van der Waals surface area contributed by atoms with Gasteiger partial charge in [-0.2, -0.15) is 0 Å². The Kier molecular flexibility index (Phi) is 7.75. The molecule has 0 amide bonds. The number of fused-ring (bicyclic) bond motifs is 2. The predicted octanol–water partition coefficient (Wildman–Crippen LogP) is 4.14. The summed E-state index contributed by atoms with van der Waals surface area (Å²) in [6, 6.07) is 6.15. The first-order valence-corrected chi connectivity index (χ1v) is 10.5. The van der Waals surface area contributed by atoms with Crippen LogP contribution in [0, 0.1) is 0 Å². The highest BCUT2D eigenvalue weighted by atomic mass is 127. The van der Waals surface area contributed by atoms with Crippen LogP contribution in [0.25, 0.3) is 0 Å². The van der Waals surface area contributed by atoms with E-state index in [2.05, 4.69) is 21.7 Å². The first-order valence-electron chi connectivity index (χ1n) is 9.75. The number of halogens is 3. The molecule has 0 saturated carbocycles. The van der Waals surface area contributed by atoms with Crippen LogP contribution in [-0.4, -0.2) is 51.0 Å². The lowest BCUT2D eigenvalue weighted by Crippen LogP contribution is -2.52. The molecule has 4 rings (SSSR count). The van der Waals surface area contributed by atoms with Crippen LogP contribution in [0.4, 0.5) is 0 Å². The van der Waals surface area contributed by atoms with Crippen LogP contribution in [0.3, 0.4) is 0 Å². The third kappa shape index (κ3) is 4.72. The maximum Gasteiger partial charge on any atom is 0.191 e. The lowest BCUT2D eigenvalue weighted by Gasteiger charge is -2.39. The van der Waals surface area contributed by atoms with Crippen LogP contribution >= 0.6 is 47.2 Å². The van der Waals surface area contributed by atoms with Gasteiger partial charge in [-0.15, -0.1) is 24.0 Å². The molecule has 1 aromatic carbocycles. The first kappa shape index (κ1) is 22.4. The molecule has 2 N–H and O–H groups in total. The van der Waals surface area contributed by atoms with Crippen LogP contribution in [0.2, 0.25) is 10.0 Å². The van der Waals surface area contributed by atoms with E-state index in [0.29, 0.717) is 23.3 Å². The average Bonchev–Trinajstić information content (AvgIpc) is 3.29. The SMILES string of the molecule is CN=C(NCC1(c2ccc(Cl)cc2Cl)CCOCC1)NC1CC2CCC1O2.I. The fourth-order valence-corrected chi connectivity index (χ4v) is 5.24. The summed E-state index contributed by atoms with van der Waals surface area (Å²) in [5.41, 5.74) is 1.03. The highest BCUT2D eigenvalue weighted by molar-refractivity contribution is 14.0. The van der Waals surface area contributed by atoms with Crippen molar-refractivity contribution in [3.8, 4) is 0 Å². The van der Waals surface area contributed by atoms with E-state index in [0.717, 1.165) is 62.0 Å². The Morgan fingerprint density at radius 3 is 2.64 bits per heavy atom. The maximum absolute atomic E-state index is 6.57. The Morgan fingerprint density at radius 1 is 1.25 bits per heavy atom. The van der Waals surface area contributed by atoms with Crippen molar-refractivity contribution in [2.75, 3.05) is 26.8 Å². The van der Waals surface area contributed by atoms with E-state index in [1.54, 1.807) is 0 Å². The molecule has 5 nitrogen and oxygen atoms in total. The average molecular weight is 540 g/mol. The number of benzene rings is 1. The van der Waals surface area contributed by atoms with Gasteiger partial charge in [0.25, 0.3) is 0 Å². The van der Waals surface area contributed by atoms with Crippen LogP contribution in [-0.2, 0) is 14.9 Å². The zero-order chi connectivity index (χ0) is 18.9. The molecule has 0 aromatic heterocycles. The van der Waals surface area contributed by atoms with Gasteiger partial charge >= 0.3 is 0 Å². The van der Waals surface area contributed by atoms with Gasteiger partial charge in [0, 0.05) is 42.3 Å². The van der Waals surface area contributed by atoms with Crippen molar-refractivity contribution in [3.63, 3.8) is 0 Å². The topological polar surface area (TPSA) is 54.9 Å². The van der Waals surface area contributed by atoms with Gasteiger partial charge in [0.2, 0.25) is 0 Å². The first-order chi connectivity index (χ1) is 13.1. The number of hydrogen-bond donors (Lipinski definition) is 2. The lowest BCUT2D eigenvalue weighted by molar-refractivity contribution is 0.0514. The van der Waals surface area contributed by atoms with Crippen molar-refractivity contribution in [2.45, 2.75) is 55.8 Å². The summed E-state index contributed by atoms with van der Waals surface area (Å²) in [6.07, 6.45) is 5.95. The van der Waals surface area contributed by atoms with Crippen LogP contribution < -0.4 is 10.6 Å². The molecule has 28 heavy (non-hydrogen) atoms. The number of ether oxygens (including phenoxy) is 2. The fourth-order valence-electron chi connectivity index (χ4n) is 4.64. The van der Waals surface area contributed by atoms with Crippen molar-refractivity contribution in [1.29, 1.82) is 0 Å². The normalized spacial score (nSPS) is 28.7. The van der Waals surface area contributed by atoms with E-state index in [9.17, 15) is 0 Å². The molecule has 0 radical (unpaired) electrons. The molecule has 8 heteroatoms. The fraction of sp³-hybridized carbons (Fsp3) is 0.650. The molecule has 1 aromatic rings. The Balaban J connectivity index is 0.00000225. The molecular weight excluding hydrogens is 512 g/mol. The van der Waals surface area contributed by atoms with Crippen molar-refractivity contribution in [2.24, 2.45) is 4.99 Å². The minimum absolute atomic E-state index is 0. The number of aliphatic imine (C=N–C) groups is 1. The van der Waals surface area contributed by atoms with Gasteiger partial charge in [0.15, 0.2) is 5.96 Å². The van der Waals surface area contributed by atoms with Gasteiger partial charge in [0.1, 0.15) is 0 Å². The standard InChI is InChI=1S/C20H27Cl2N3O2.HI/c1-23-19(25-17-11-14-3-5-18(17)27-14)24-12-20(6-8-26-9-7-20)15-4-2-13(21)10-16(15)22;/h2,4,10,14,17-18H,3,5-9,11-12H2,1H3,(H2,23,24,25);1H. The highest BCUT2D eigenvalue weighted by Gasteiger charge is 2.41. The largest absolute Gasteiger partial charge is 0.381 e. The monoisotopic (exact) mass is 539 g/mol. The summed E-state index contributed by atoms with van der Waals surface area (Å²) in [6.45, 7) is 2.21. The molecular formula is C20H28Cl2IN3O2. The maximum atomic E-state index is 6.57. The van der Waals surface area contributed by atoms with Gasteiger partial charge in [0.05, 0.1) is 18.2 Å². The van der Waals surface area contributed by atoms with Gasteiger partial charge < -0.3 is 20.1 Å². The highest BCUT2D eigenvalue weighted by Crippen LogP contribution is 2.39. The molecule has 0 spiro atoms. The van der Waals surface area contributed by atoms with E-state index in [4.69, 9.17) is 32.7 Å². The molecule has 0 aliphatic carbocycles. The van der Waals surface area contributed by atoms with Crippen molar-refractivity contribution < 1.29 is 9.47 Å². The second-order valence-electron chi connectivity index (χ2n) is 7.80. The minimum atomic E-state index is -0.0945. The lowest BCUT2D eigenvalue weighted by atomic mass is 9.74. The Morgan fingerprint density at radius 2 is 2.04 bits per heavy atom. The Hall–Kier alpha value is -0.280. The number of guanidine groups is 1. The Labute approximate surface area is 193 Å². The summed E-state index contributed by atoms with van der Waals surface area (Å²) in [5, 5.41) is 8.48.